The third kappa shape index (κ3) is 4.35. The Bertz CT molecular complexity index is 536. The monoisotopic (exact) mass is 274 g/mol. The van der Waals surface area contributed by atoms with E-state index in [1.165, 1.54) is 11.9 Å². The number of aryl methyl sites for hydroxylation is 1. The van der Waals surface area contributed by atoms with Crippen LogP contribution in [0, 0.1) is 5.92 Å². The van der Waals surface area contributed by atoms with E-state index in [2.05, 4.69) is 41.4 Å². The molecule has 5 heteroatoms. The zero-order valence-electron chi connectivity index (χ0n) is 12.3. The van der Waals surface area contributed by atoms with Gasteiger partial charge in [0.15, 0.2) is 5.82 Å². The molecule has 0 amide bonds. The van der Waals surface area contributed by atoms with E-state index >= 15 is 0 Å². The lowest BCUT2D eigenvalue weighted by molar-refractivity contribution is 0.289. The number of nitrogens with one attached hydrogen (secondary N) is 1. The average molecular weight is 274 g/mol. The van der Waals surface area contributed by atoms with E-state index in [1.807, 2.05) is 19.2 Å². The maximum absolute atomic E-state index is 5.75. The molecule has 0 radical (unpaired) electrons. The van der Waals surface area contributed by atoms with E-state index in [0.29, 0.717) is 12.5 Å². The van der Waals surface area contributed by atoms with Crippen LogP contribution in [0.4, 0.5) is 0 Å². The predicted octanol–water partition coefficient (Wildman–Crippen LogP) is 2.14. The Morgan fingerprint density at radius 3 is 2.90 bits per heavy atom. The van der Waals surface area contributed by atoms with Crippen molar-refractivity contribution in [3.05, 3.63) is 42.0 Å². The van der Waals surface area contributed by atoms with Crippen molar-refractivity contribution in [1.82, 2.24) is 20.1 Å². The summed E-state index contributed by atoms with van der Waals surface area (Å²) in [7, 11) is 1.86. The Balaban J connectivity index is 1.87. The minimum absolute atomic E-state index is 0.430. The number of nitrogens with zero attached hydrogens (tertiary/aromatic N) is 3. The molecule has 0 fully saturated rings. The highest BCUT2D eigenvalue weighted by atomic mass is 16.5. The van der Waals surface area contributed by atoms with E-state index in [1.54, 1.807) is 4.68 Å². The Morgan fingerprint density at radius 1 is 1.35 bits per heavy atom. The number of rotatable bonds is 7. The predicted molar refractivity (Wildman–Crippen MR) is 78.3 cm³/mol. The highest BCUT2D eigenvalue weighted by molar-refractivity contribution is 5.28. The fraction of sp³-hybridized carbons (Fsp3) is 0.467. The summed E-state index contributed by atoms with van der Waals surface area (Å²) in [5.41, 5.74) is 1.22. The van der Waals surface area contributed by atoms with Crippen molar-refractivity contribution in [3.63, 3.8) is 0 Å². The van der Waals surface area contributed by atoms with E-state index < -0.39 is 0 Å². The van der Waals surface area contributed by atoms with Gasteiger partial charge in [-0.25, -0.2) is 4.98 Å². The topological polar surface area (TPSA) is 52.0 Å². The lowest BCUT2D eigenvalue weighted by Gasteiger charge is -2.10. The molecule has 0 atom stereocenters. The number of hydrogen-bond acceptors (Lipinski definition) is 4. The summed E-state index contributed by atoms with van der Waals surface area (Å²) in [5, 5.41) is 7.44. The summed E-state index contributed by atoms with van der Waals surface area (Å²) >= 11 is 0. The van der Waals surface area contributed by atoms with Crippen LogP contribution in [-0.2, 0) is 20.2 Å². The van der Waals surface area contributed by atoms with Crippen molar-refractivity contribution >= 4 is 0 Å². The van der Waals surface area contributed by atoms with Gasteiger partial charge in [0.1, 0.15) is 18.7 Å². The van der Waals surface area contributed by atoms with Gasteiger partial charge in [0.2, 0.25) is 0 Å². The third-order valence-corrected chi connectivity index (χ3v) is 2.95. The number of ether oxygens (including phenoxy) is 1. The fourth-order valence-electron chi connectivity index (χ4n) is 1.85. The average Bonchev–Trinajstić information content (AvgIpc) is 2.82. The quantitative estimate of drug-likeness (QED) is 0.840. The second-order valence-electron chi connectivity index (χ2n) is 5.26. The minimum Gasteiger partial charge on any atom is -0.486 e. The summed E-state index contributed by atoms with van der Waals surface area (Å²) in [4.78, 5) is 4.14. The molecule has 1 aromatic carbocycles. The molecular weight excluding hydrogens is 252 g/mol. The number of benzene rings is 1. The second-order valence-corrected chi connectivity index (χ2v) is 5.26. The van der Waals surface area contributed by atoms with Gasteiger partial charge in [0.05, 0.1) is 0 Å². The van der Waals surface area contributed by atoms with Crippen molar-refractivity contribution in [3.8, 4) is 5.75 Å². The zero-order chi connectivity index (χ0) is 14.4. The van der Waals surface area contributed by atoms with E-state index in [9.17, 15) is 0 Å². The maximum Gasteiger partial charge on any atom is 0.164 e. The van der Waals surface area contributed by atoms with Gasteiger partial charge in [-0.1, -0.05) is 26.0 Å². The maximum atomic E-state index is 5.75. The molecular formula is C15H22N4O. The third-order valence-electron chi connectivity index (χ3n) is 2.95. The van der Waals surface area contributed by atoms with Gasteiger partial charge >= 0.3 is 0 Å². The lowest BCUT2D eigenvalue weighted by atomic mass is 10.2. The van der Waals surface area contributed by atoms with Crippen LogP contribution in [0.25, 0.3) is 0 Å². The van der Waals surface area contributed by atoms with E-state index in [4.69, 9.17) is 4.74 Å². The summed E-state index contributed by atoms with van der Waals surface area (Å²) in [5.74, 6) is 2.33. The molecule has 0 aliphatic rings. The Kier molecular flexibility index (Phi) is 5.12. The Morgan fingerprint density at radius 2 is 2.20 bits per heavy atom. The first kappa shape index (κ1) is 14.5. The zero-order valence-corrected chi connectivity index (χ0v) is 12.3. The standard InChI is InChI=1S/C15H22N4O/c1-12(2)8-16-9-13-5-4-6-14(7-13)20-10-15-17-11-18-19(15)3/h4-7,11-12,16H,8-10H2,1-3H3. The largest absolute Gasteiger partial charge is 0.486 e. The van der Waals surface area contributed by atoms with Crippen molar-refractivity contribution < 1.29 is 4.74 Å². The summed E-state index contributed by atoms with van der Waals surface area (Å²) in [6.45, 7) is 6.71. The fourth-order valence-corrected chi connectivity index (χ4v) is 1.85. The molecule has 0 aliphatic heterocycles. The SMILES string of the molecule is CC(C)CNCc1cccc(OCc2ncnn2C)c1. The molecule has 2 aromatic rings. The molecule has 20 heavy (non-hydrogen) atoms. The minimum atomic E-state index is 0.430. The van der Waals surface area contributed by atoms with Crippen LogP contribution in [-0.4, -0.2) is 21.3 Å². The summed E-state index contributed by atoms with van der Waals surface area (Å²) in [6, 6.07) is 8.13. The molecule has 2 rings (SSSR count). The molecule has 0 unspecified atom stereocenters. The van der Waals surface area contributed by atoms with Crippen molar-refractivity contribution in [2.24, 2.45) is 13.0 Å². The van der Waals surface area contributed by atoms with E-state index in [0.717, 1.165) is 24.7 Å². The van der Waals surface area contributed by atoms with Crippen LogP contribution in [0.3, 0.4) is 0 Å². The molecule has 1 heterocycles. The molecule has 0 saturated carbocycles. The van der Waals surface area contributed by atoms with Crippen LogP contribution in [0.1, 0.15) is 25.2 Å². The number of aromatic nitrogens is 3. The van der Waals surface area contributed by atoms with Crippen molar-refractivity contribution in [1.29, 1.82) is 0 Å². The Labute approximate surface area is 120 Å². The molecule has 1 aromatic heterocycles. The van der Waals surface area contributed by atoms with Crippen LogP contribution >= 0.6 is 0 Å². The Hall–Kier alpha value is -1.88. The van der Waals surface area contributed by atoms with Gasteiger partial charge in [-0.3, -0.25) is 4.68 Å². The molecule has 0 bridgehead atoms. The van der Waals surface area contributed by atoms with Crippen LogP contribution in [0.2, 0.25) is 0 Å². The first-order chi connectivity index (χ1) is 9.65. The van der Waals surface area contributed by atoms with Gasteiger partial charge < -0.3 is 10.1 Å². The summed E-state index contributed by atoms with van der Waals surface area (Å²) < 4.78 is 7.46. The van der Waals surface area contributed by atoms with Crippen LogP contribution < -0.4 is 10.1 Å². The van der Waals surface area contributed by atoms with Gasteiger partial charge in [-0.05, 0) is 30.2 Å². The second kappa shape index (κ2) is 7.05. The summed E-state index contributed by atoms with van der Waals surface area (Å²) in [6.07, 6.45) is 1.53. The van der Waals surface area contributed by atoms with Gasteiger partial charge in [-0.15, -0.1) is 0 Å². The highest BCUT2D eigenvalue weighted by Crippen LogP contribution is 2.14. The normalized spacial score (nSPS) is 11.0. The molecule has 0 spiro atoms. The van der Waals surface area contributed by atoms with Gasteiger partial charge in [0.25, 0.3) is 0 Å². The van der Waals surface area contributed by atoms with Crippen LogP contribution in [0.15, 0.2) is 30.6 Å². The molecule has 1 N–H and O–H groups in total. The lowest BCUT2D eigenvalue weighted by Crippen LogP contribution is -2.18. The first-order valence-corrected chi connectivity index (χ1v) is 6.90. The molecule has 0 saturated heterocycles. The van der Waals surface area contributed by atoms with Crippen molar-refractivity contribution in [2.75, 3.05) is 6.54 Å². The molecule has 0 aliphatic carbocycles. The van der Waals surface area contributed by atoms with Gasteiger partial charge in [0, 0.05) is 13.6 Å². The van der Waals surface area contributed by atoms with E-state index in [-0.39, 0.29) is 0 Å². The van der Waals surface area contributed by atoms with Crippen molar-refractivity contribution in [2.45, 2.75) is 27.0 Å². The number of hydrogen-bond donors (Lipinski definition) is 1. The smallest absolute Gasteiger partial charge is 0.164 e. The molecule has 5 nitrogen and oxygen atoms in total. The highest BCUT2D eigenvalue weighted by Gasteiger charge is 2.02. The first-order valence-electron chi connectivity index (χ1n) is 6.90. The molecule has 108 valence electrons. The van der Waals surface area contributed by atoms with Gasteiger partial charge in [-0.2, -0.15) is 5.10 Å². The van der Waals surface area contributed by atoms with Crippen LogP contribution in [0.5, 0.6) is 5.75 Å².